The number of esters is 4. The zero-order valence-corrected chi connectivity index (χ0v) is 67.3. The van der Waals surface area contributed by atoms with E-state index in [1.54, 1.807) is 0 Å². The third-order valence-electron chi connectivity index (χ3n) is 18.3. The van der Waals surface area contributed by atoms with Crippen LogP contribution in [0.1, 0.15) is 400 Å². The van der Waals surface area contributed by atoms with E-state index in [-0.39, 0.29) is 25.7 Å². The Hall–Kier alpha value is -2.98. The zero-order valence-electron chi connectivity index (χ0n) is 65.6. The van der Waals surface area contributed by atoms with Crippen molar-refractivity contribution >= 4 is 39.5 Å². The van der Waals surface area contributed by atoms with Crippen molar-refractivity contribution in [1.29, 1.82) is 0 Å². The van der Waals surface area contributed by atoms with Gasteiger partial charge in [-0.1, -0.05) is 359 Å². The summed E-state index contributed by atoms with van der Waals surface area (Å²) in [6.45, 7) is 4.90. The Bertz CT molecular complexity index is 2120. The van der Waals surface area contributed by atoms with E-state index in [2.05, 4.69) is 64.2 Å². The SMILES string of the molecule is CCCCC/C=C\C/C=C\C/C=C\C/C=C\CCCC(=O)O[C@H](COC(=O)CCCCCCCCCCCCCCC)COP(=O)(O)OC[C@@H](O)COP(=O)(O)OC[C@@H](COC(=O)CCCCCCCCCCCCCCCCC)OC(=O)CCCCCCCCCCCCCCCCCCC. The molecule has 0 saturated carbocycles. The molecule has 0 radical (unpaired) electrons. The average Bonchev–Trinajstić information content (AvgIpc) is 1.01. The number of carbonyl (C=O) groups is 4. The molecule has 19 heteroatoms. The number of phosphoric ester groups is 2. The van der Waals surface area contributed by atoms with Gasteiger partial charge in [0.1, 0.15) is 19.3 Å². The highest BCUT2D eigenvalue weighted by molar-refractivity contribution is 7.47. The van der Waals surface area contributed by atoms with Gasteiger partial charge in [-0.25, -0.2) is 9.13 Å². The molecule has 5 atom stereocenters. The number of allylic oxidation sites excluding steroid dienone is 8. The van der Waals surface area contributed by atoms with Crippen LogP contribution in [0.4, 0.5) is 0 Å². The van der Waals surface area contributed by atoms with Gasteiger partial charge in [0.2, 0.25) is 0 Å². The first-order valence-electron chi connectivity index (χ1n) is 41.9. The fourth-order valence-corrected chi connectivity index (χ4v) is 13.5. The molecule has 102 heavy (non-hydrogen) atoms. The largest absolute Gasteiger partial charge is 0.472 e. The normalized spacial score (nSPS) is 14.1. The van der Waals surface area contributed by atoms with Crippen LogP contribution < -0.4 is 0 Å². The second kappa shape index (κ2) is 76.2. The molecular weight excluding hydrogens is 1330 g/mol. The van der Waals surface area contributed by atoms with E-state index in [1.165, 1.54) is 225 Å². The smallest absolute Gasteiger partial charge is 0.462 e. The Morgan fingerprint density at radius 3 is 0.775 bits per heavy atom. The summed E-state index contributed by atoms with van der Waals surface area (Å²) in [6.07, 6.45) is 75.1. The molecular formula is C83H154O17P2. The van der Waals surface area contributed by atoms with E-state index in [4.69, 9.17) is 37.0 Å². The second-order valence-electron chi connectivity index (χ2n) is 28.4. The van der Waals surface area contributed by atoms with E-state index in [1.807, 2.05) is 12.2 Å². The van der Waals surface area contributed by atoms with Crippen LogP contribution in [0.3, 0.4) is 0 Å². The first-order chi connectivity index (χ1) is 49.7. The number of hydrogen-bond donors (Lipinski definition) is 3. The molecule has 0 spiro atoms. The summed E-state index contributed by atoms with van der Waals surface area (Å²) in [5.74, 6) is -2.19. The lowest BCUT2D eigenvalue weighted by molar-refractivity contribution is -0.161. The number of phosphoric acid groups is 2. The van der Waals surface area contributed by atoms with Gasteiger partial charge in [0.15, 0.2) is 12.2 Å². The van der Waals surface area contributed by atoms with Crippen LogP contribution in [0.15, 0.2) is 48.6 Å². The van der Waals surface area contributed by atoms with Gasteiger partial charge >= 0.3 is 39.5 Å². The molecule has 598 valence electrons. The molecule has 0 aromatic carbocycles. The minimum absolute atomic E-state index is 0.0256. The summed E-state index contributed by atoms with van der Waals surface area (Å²) in [6, 6.07) is 0. The number of carbonyl (C=O) groups excluding carboxylic acids is 4. The predicted molar refractivity (Wildman–Crippen MR) is 418 cm³/mol. The molecule has 0 fully saturated rings. The lowest BCUT2D eigenvalue weighted by atomic mass is 10.0. The summed E-state index contributed by atoms with van der Waals surface area (Å²) in [4.78, 5) is 73.1. The molecule has 2 unspecified atom stereocenters. The van der Waals surface area contributed by atoms with Crippen molar-refractivity contribution in [3.63, 3.8) is 0 Å². The molecule has 0 aliphatic carbocycles. The van der Waals surface area contributed by atoms with Crippen molar-refractivity contribution < 1.29 is 80.2 Å². The van der Waals surface area contributed by atoms with Crippen LogP contribution in [0.5, 0.6) is 0 Å². The van der Waals surface area contributed by atoms with E-state index >= 15 is 0 Å². The molecule has 0 rings (SSSR count). The van der Waals surface area contributed by atoms with E-state index in [0.29, 0.717) is 32.1 Å². The van der Waals surface area contributed by atoms with Gasteiger partial charge in [-0.2, -0.15) is 0 Å². The molecule has 0 aliphatic heterocycles. The monoisotopic (exact) mass is 1490 g/mol. The first-order valence-corrected chi connectivity index (χ1v) is 44.9. The maximum absolute atomic E-state index is 13.1. The summed E-state index contributed by atoms with van der Waals surface area (Å²) < 4.78 is 68.7. The standard InChI is InChI=1S/C83H154O17P2/c1-5-9-13-17-21-25-29-33-36-38-41-45-49-53-57-61-65-69-82(87)99-78(73-93-80(85)67-63-59-55-51-47-43-32-28-24-20-16-12-8-4)75-97-101(89,90)95-71-77(84)72-96-102(91,92)98-76-79(74-94-81(86)68-64-60-56-52-48-44-40-35-31-27-23-19-15-11-7-3)100-83(88)70-66-62-58-54-50-46-42-39-37-34-30-26-22-18-14-10-6-2/h21,25,33,36,41,45,53,57,77-79,84H,5-20,22-24,26-32,34-35,37-40,42-44,46-52,54-56,58-76H2,1-4H3,(H,89,90)(H,91,92)/b25-21-,36-33-,45-41-,57-53-/t77-,78-,79-/m1/s1. The summed E-state index contributed by atoms with van der Waals surface area (Å²) >= 11 is 0. The van der Waals surface area contributed by atoms with E-state index < -0.39 is 97.5 Å². The highest BCUT2D eigenvalue weighted by Crippen LogP contribution is 2.45. The lowest BCUT2D eigenvalue weighted by Crippen LogP contribution is -2.30. The Labute approximate surface area is 623 Å². The average molecular weight is 1490 g/mol. The molecule has 0 aliphatic rings. The third-order valence-corrected chi connectivity index (χ3v) is 20.2. The van der Waals surface area contributed by atoms with Crippen LogP contribution in [-0.2, 0) is 65.4 Å². The van der Waals surface area contributed by atoms with Crippen molar-refractivity contribution in [2.75, 3.05) is 39.6 Å². The Kier molecular flexibility index (Phi) is 74.0. The zero-order chi connectivity index (χ0) is 74.6. The predicted octanol–water partition coefficient (Wildman–Crippen LogP) is 24.5. The summed E-state index contributed by atoms with van der Waals surface area (Å²) in [7, 11) is -9.95. The molecule has 3 N–H and O–H groups in total. The Balaban J connectivity index is 5.35. The Morgan fingerprint density at radius 2 is 0.490 bits per heavy atom. The fourth-order valence-electron chi connectivity index (χ4n) is 11.9. The third kappa shape index (κ3) is 75.3. The van der Waals surface area contributed by atoms with Crippen molar-refractivity contribution in [3.8, 4) is 0 Å². The number of aliphatic hydroxyl groups excluding tert-OH is 1. The number of unbranched alkanes of at least 4 members (excludes halogenated alkanes) is 46. The summed E-state index contributed by atoms with van der Waals surface area (Å²) in [5, 5.41) is 10.6. The molecule has 0 heterocycles. The second-order valence-corrected chi connectivity index (χ2v) is 31.4. The van der Waals surface area contributed by atoms with Crippen molar-refractivity contribution in [2.24, 2.45) is 0 Å². The number of rotatable bonds is 80. The topological polar surface area (TPSA) is 237 Å². The van der Waals surface area contributed by atoms with Crippen LogP contribution in [0.2, 0.25) is 0 Å². The fraction of sp³-hybridized carbons (Fsp3) is 0.855. The quantitative estimate of drug-likeness (QED) is 0.0169. The molecule has 0 saturated heterocycles. The van der Waals surface area contributed by atoms with Crippen molar-refractivity contribution in [2.45, 2.75) is 418 Å². The van der Waals surface area contributed by atoms with Gasteiger partial charge in [0.25, 0.3) is 0 Å². The lowest BCUT2D eigenvalue weighted by Gasteiger charge is -2.21. The molecule has 17 nitrogen and oxygen atoms in total. The molecule has 0 aromatic rings. The Morgan fingerprint density at radius 1 is 0.275 bits per heavy atom. The van der Waals surface area contributed by atoms with Crippen LogP contribution in [0.25, 0.3) is 0 Å². The van der Waals surface area contributed by atoms with E-state index in [0.717, 1.165) is 89.9 Å². The number of hydrogen-bond acceptors (Lipinski definition) is 15. The number of ether oxygens (including phenoxy) is 4. The maximum Gasteiger partial charge on any atom is 0.472 e. The van der Waals surface area contributed by atoms with Gasteiger partial charge in [0, 0.05) is 25.7 Å². The highest BCUT2D eigenvalue weighted by Gasteiger charge is 2.30. The van der Waals surface area contributed by atoms with Gasteiger partial charge < -0.3 is 33.8 Å². The highest BCUT2D eigenvalue weighted by atomic mass is 31.2. The molecule has 0 aromatic heterocycles. The van der Waals surface area contributed by atoms with E-state index in [9.17, 15) is 43.2 Å². The number of aliphatic hydroxyl groups is 1. The minimum Gasteiger partial charge on any atom is -0.462 e. The van der Waals surface area contributed by atoms with Crippen LogP contribution in [0, 0.1) is 0 Å². The van der Waals surface area contributed by atoms with Gasteiger partial charge in [0.05, 0.1) is 26.4 Å². The van der Waals surface area contributed by atoms with Crippen LogP contribution >= 0.6 is 15.6 Å². The molecule has 0 bridgehead atoms. The van der Waals surface area contributed by atoms with Crippen molar-refractivity contribution in [3.05, 3.63) is 48.6 Å². The summed E-state index contributed by atoms with van der Waals surface area (Å²) in [5.41, 5.74) is 0. The van der Waals surface area contributed by atoms with Crippen molar-refractivity contribution in [1.82, 2.24) is 0 Å². The maximum atomic E-state index is 13.1. The first kappa shape index (κ1) is 99.0. The minimum atomic E-state index is -4.98. The van der Waals surface area contributed by atoms with Gasteiger partial charge in [-0.3, -0.25) is 37.3 Å². The van der Waals surface area contributed by atoms with Gasteiger partial charge in [-0.05, 0) is 64.2 Å². The van der Waals surface area contributed by atoms with Gasteiger partial charge in [-0.15, -0.1) is 0 Å². The molecule has 0 amide bonds. The van der Waals surface area contributed by atoms with Crippen LogP contribution in [-0.4, -0.2) is 96.7 Å².